The summed E-state index contributed by atoms with van der Waals surface area (Å²) in [5.41, 5.74) is 0. The number of carbonyl (C=O) groups is 2. The minimum absolute atomic E-state index is 0.00756. The summed E-state index contributed by atoms with van der Waals surface area (Å²) in [6, 6.07) is 0.138. The second kappa shape index (κ2) is 6.62. The summed E-state index contributed by atoms with van der Waals surface area (Å²) in [6.45, 7) is 7.16. The van der Waals surface area contributed by atoms with Crippen LogP contribution in [0.5, 0.6) is 0 Å². The van der Waals surface area contributed by atoms with E-state index in [1.807, 2.05) is 4.90 Å². The summed E-state index contributed by atoms with van der Waals surface area (Å²) in [4.78, 5) is 25.1. The fourth-order valence-electron chi connectivity index (χ4n) is 2.48. The Kier molecular flexibility index (Phi) is 5.45. The molecule has 0 aromatic rings. The van der Waals surface area contributed by atoms with E-state index in [4.69, 9.17) is 0 Å². The van der Waals surface area contributed by atoms with Gasteiger partial charge in [-0.25, -0.2) is 0 Å². The Hall–Kier alpha value is -1.06. The molecule has 17 heavy (non-hydrogen) atoms. The normalized spacial score (nSPS) is 20.5. The number of nitrogens with one attached hydrogen (secondary N) is 1. The van der Waals surface area contributed by atoms with E-state index >= 15 is 0 Å². The van der Waals surface area contributed by atoms with Crippen molar-refractivity contribution in [2.45, 2.75) is 52.5 Å². The van der Waals surface area contributed by atoms with Gasteiger partial charge in [0.1, 0.15) is 0 Å². The summed E-state index contributed by atoms with van der Waals surface area (Å²) < 4.78 is 0. The predicted molar refractivity (Wildman–Crippen MR) is 67.5 cm³/mol. The lowest BCUT2D eigenvalue weighted by atomic mass is 9.98. The summed E-state index contributed by atoms with van der Waals surface area (Å²) in [6.07, 6.45) is 3.76. The van der Waals surface area contributed by atoms with Crippen molar-refractivity contribution in [2.75, 3.05) is 13.1 Å². The van der Waals surface area contributed by atoms with Crippen molar-refractivity contribution in [1.82, 2.24) is 10.2 Å². The number of carbonyl (C=O) groups excluding carboxylic acids is 2. The fraction of sp³-hybridized carbons (Fsp3) is 0.846. The lowest BCUT2D eigenvalue weighted by Crippen LogP contribution is -2.50. The quantitative estimate of drug-likeness (QED) is 0.810. The van der Waals surface area contributed by atoms with E-state index in [0.717, 1.165) is 32.2 Å². The van der Waals surface area contributed by atoms with Gasteiger partial charge in [0.25, 0.3) is 0 Å². The third-order valence-electron chi connectivity index (χ3n) is 3.48. The van der Waals surface area contributed by atoms with Crippen molar-refractivity contribution < 1.29 is 9.59 Å². The van der Waals surface area contributed by atoms with Crippen LogP contribution >= 0.6 is 0 Å². The number of amides is 2. The number of piperidine rings is 1. The Labute approximate surface area is 104 Å². The van der Waals surface area contributed by atoms with Gasteiger partial charge in [-0.3, -0.25) is 9.59 Å². The molecular weight excluding hydrogens is 216 g/mol. The molecule has 2 amide bonds. The molecule has 0 spiro atoms. The smallest absolute Gasteiger partial charge is 0.225 e. The zero-order chi connectivity index (χ0) is 12.8. The Bertz CT molecular complexity index is 275. The molecule has 4 nitrogen and oxygen atoms in total. The zero-order valence-electron chi connectivity index (χ0n) is 11.2. The van der Waals surface area contributed by atoms with Gasteiger partial charge in [0.15, 0.2) is 0 Å². The van der Waals surface area contributed by atoms with Crippen molar-refractivity contribution in [2.24, 2.45) is 5.92 Å². The molecule has 1 fully saturated rings. The lowest BCUT2D eigenvalue weighted by molar-refractivity contribution is -0.137. The van der Waals surface area contributed by atoms with Crippen LogP contribution in [-0.2, 0) is 9.59 Å². The minimum Gasteiger partial charge on any atom is -0.352 e. The second-order valence-corrected chi connectivity index (χ2v) is 4.84. The maximum Gasteiger partial charge on any atom is 0.225 e. The van der Waals surface area contributed by atoms with Gasteiger partial charge in [0, 0.05) is 32.0 Å². The molecule has 1 saturated heterocycles. The van der Waals surface area contributed by atoms with Gasteiger partial charge in [0.05, 0.1) is 0 Å². The molecule has 0 aromatic heterocycles. The molecule has 0 bridgehead atoms. The molecule has 0 aromatic carbocycles. The second-order valence-electron chi connectivity index (χ2n) is 4.84. The van der Waals surface area contributed by atoms with Crippen LogP contribution in [0.25, 0.3) is 0 Å². The monoisotopic (exact) mass is 240 g/mol. The van der Waals surface area contributed by atoms with Crippen LogP contribution in [0.3, 0.4) is 0 Å². The first-order valence-corrected chi connectivity index (χ1v) is 6.64. The summed E-state index contributed by atoms with van der Waals surface area (Å²) in [5, 5.41) is 2.91. The summed E-state index contributed by atoms with van der Waals surface area (Å²) in [7, 11) is 0. The molecule has 1 aliphatic heterocycles. The molecule has 0 aliphatic carbocycles. The average molecular weight is 240 g/mol. The van der Waals surface area contributed by atoms with Crippen LogP contribution < -0.4 is 5.32 Å². The molecule has 98 valence electrons. The van der Waals surface area contributed by atoms with Gasteiger partial charge in [0.2, 0.25) is 11.8 Å². The molecule has 1 aliphatic rings. The van der Waals surface area contributed by atoms with E-state index < -0.39 is 0 Å². The Morgan fingerprint density at radius 3 is 2.53 bits per heavy atom. The number of likely N-dealkylation sites (tertiary alicyclic amines) is 1. The first-order chi connectivity index (χ1) is 8.08. The van der Waals surface area contributed by atoms with Crippen molar-refractivity contribution >= 4 is 11.8 Å². The van der Waals surface area contributed by atoms with E-state index in [1.165, 1.54) is 6.92 Å². The van der Waals surface area contributed by atoms with Crippen LogP contribution in [0.4, 0.5) is 0 Å². The molecule has 1 atom stereocenters. The first-order valence-electron chi connectivity index (χ1n) is 6.64. The van der Waals surface area contributed by atoms with Crippen LogP contribution in [-0.4, -0.2) is 35.8 Å². The van der Waals surface area contributed by atoms with Crippen LogP contribution in [0.2, 0.25) is 0 Å². The molecule has 1 unspecified atom stereocenters. The van der Waals surface area contributed by atoms with E-state index in [9.17, 15) is 9.59 Å². The third kappa shape index (κ3) is 4.02. The Morgan fingerprint density at radius 2 is 2.00 bits per heavy atom. The summed E-state index contributed by atoms with van der Waals surface area (Å²) in [5.74, 6) is 0.392. The number of hydrogen-bond acceptors (Lipinski definition) is 2. The largest absolute Gasteiger partial charge is 0.352 e. The maximum absolute atomic E-state index is 12.2. The summed E-state index contributed by atoms with van der Waals surface area (Å²) >= 11 is 0. The fourth-order valence-corrected chi connectivity index (χ4v) is 2.48. The van der Waals surface area contributed by atoms with Gasteiger partial charge in [-0.2, -0.15) is 0 Å². The molecule has 1 N–H and O–H groups in total. The van der Waals surface area contributed by atoms with Gasteiger partial charge in [-0.05, 0) is 25.7 Å². The highest BCUT2D eigenvalue weighted by Gasteiger charge is 2.27. The molecule has 0 radical (unpaired) electrons. The molecule has 1 heterocycles. The predicted octanol–water partition coefficient (Wildman–Crippen LogP) is 1.55. The van der Waals surface area contributed by atoms with E-state index in [0.29, 0.717) is 6.54 Å². The van der Waals surface area contributed by atoms with Crippen LogP contribution in [0.1, 0.15) is 46.5 Å². The molecule has 1 rings (SSSR count). The van der Waals surface area contributed by atoms with Gasteiger partial charge < -0.3 is 10.2 Å². The third-order valence-corrected chi connectivity index (χ3v) is 3.48. The van der Waals surface area contributed by atoms with Crippen molar-refractivity contribution in [1.29, 1.82) is 0 Å². The highest BCUT2D eigenvalue weighted by atomic mass is 16.2. The Balaban J connectivity index is 2.53. The van der Waals surface area contributed by atoms with Gasteiger partial charge in [-0.1, -0.05) is 13.8 Å². The Morgan fingerprint density at radius 1 is 1.35 bits per heavy atom. The number of nitrogens with zero attached hydrogens (tertiary/aromatic N) is 1. The van der Waals surface area contributed by atoms with Crippen LogP contribution in [0.15, 0.2) is 0 Å². The minimum atomic E-state index is -0.00756. The topological polar surface area (TPSA) is 49.4 Å². The number of hydrogen-bond donors (Lipinski definition) is 1. The highest BCUT2D eigenvalue weighted by molar-refractivity contribution is 5.79. The van der Waals surface area contributed by atoms with Crippen LogP contribution in [0, 0.1) is 5.92 Å². The molecule has 0 saturated carbocycles. The van der Waals surface area contributed by atoms with Gasteiger partial charge in [-0.15, -0.1) is 0 Å². The van der Waals surface area contributed by atoms with Crippen molar-refractivity contribution in [3.05, 3.63) is 0 Å². The standard InChI is InChI=1S/C13H24N2O2/c1-4-11(5-2)13(17)15-8-6-7-12(9-15)14-10(3)16/h11-12H,4-9H2,1-3H3,(H,14,16). The zero-order valence-corrected chi connectivity index (χ0v) is 11.2. The van der Waals surface area contributed by atoms with E-state index in [-0.39, 0.29) is 23.8 Å². The first kappa shape index (κ1) is 14.0. The molecule has 4 heteroatoms. The van der Waals surface area contributed by atoms with Crippen molar-refractivity contribution in [3.63, 3.8) is 0 Å². The van der Waals surface area contributed by atoms with Gasteiger partial charge >= 0.3 is 0 Å². The molecular formula is C13H24N2O2. The maximum atomic E-state index is 12.2. The lowest BCUT2D eigenvalue weighted by Gasteiger charge is -2.34. The van der Waals surface area contributed by atoms with Crippen molar-refractivity contribution in [3.8, 4) is 0 Å². The number of rotatable bonds is 4. The van der Waals surface area contributed by atoms with E-state index in [2.05, 4.69) is 19.2 Å². The van der Waals surface area contributed by atoms with E-state index in [1.54, 1.807) is 0 Å². The SMILES string of the molecule is CCC(CC)C(=O)N1CCCC(NC(C)=O)C1. The highest BCUT2D eigenvalue weighted by Crippen LogP contribution is 2.17. The average Bonchev–Trinajstić information content (AvgIpc) is 2.30.